The van der Waals surface area contributed by atoms with Gasteiger partial charge in [-0.1, -0.05) is 11.6 Å². The molecule has 0 spiro atoms. The van der Waals surface area contributed by atoms with E-state index in [9.17, 15) is 15.0 Å². The standard InChI is InChI=1S/C18H24ClNO4/c1-11-8-13(19)2-3-17(11)24-14-4-6-20(7-5-14)18(23)12-9-15(21)16(22)10-12/h2-3,8,12,14-16,21-22H,4-7,9-10H2,1H3. The SMILES string of the molecule is Cc1cc(Cl)ccc1OC1CCN(C(=O)C2CC(O)C(O)C2)CC1. The average Bonchev–Trinajstić information content (AvgIpc) is 2.89. The van der Waals surface area contributed by atoms with E-state index in [-0.39, 0.29) is 17.9 Å². The van der Waals surface area contributed by atoms with Gasteiger partial charge in [-0.25, -0.2) is 0 Å². The number of aryl methyl sites for hydroxylation is 1. The maximum Gasteiger partial charge on any atom is 0.225 e. The van der Waals surface area contributed by atoms with Gasteiger partial charge in [-0.05, 0) is 43.5 Å². The Morgan fingerprint density at radius 3 is 2.42 bits per heavy atom. The fourth-order valence-corrected chi connectivity index (χ4v) is 3.80. The molecular weight excluding hydrogens is 330 g/mol. The number of aliphatic hydroxyl groups is 2. The molecule has 1 amide bonds. The number of hydrogen-bond acceptors (Lipinski definition) is 4. The number of carbonyl (C=O) groups excluding carboxylic acids is 1. The van der Waals surface area contributed by atoms with Gasteiger partial charge in [0.15, 0.2) is 0 Å². The molecule has 2 aliphatic rings. The second-order valence-corrected chi connectivity index (χ2v) is 7.29. The first-order valence-corrected chi connectivity index (χ1v) is 8.89. The lowest BCUT2D eigenvalue weighted by Gasteiger charge is -2.34. The van der Waals surface area contributed by atoms with Crippen molar-refractivity contribution in [1.29, 1.82) is 0 Å². The average molecular weight is 354 g/mol. The predicted molar refractivity (Wildman–Crippen MR) is 91.2 cm³/mol. The van der Waals surface area contributed by atoms with Crippen LogP contribution in [0.2, 0.25) is 5.02 Å². The molecule has 132 valence electrons. The molecule has 1 saturated heterocycles. The van der Waals surface area contributed by atoms with Gasteiger partial charge >= 0.3 is 0 Å². The van der Waals surface area contributed by atoms with E-state index in [1.54, 1.807) is 0 Å². The summed E-state index contributed by atoms with van der Waals surface area (Å²) in [6.45, 7) is 3.27. The molecule has 1 saturated carbocycles. The first kappa shape index (κ1) is 17.5. The minimum Gasteiger partial charge on any atom is -0.490 e. The quantitative estimate of drug-likeness (QED) is 0.873. The zero-order valence-corrected chi connectivity index (χ0v) is 14.6. The Labute approximate surface area is 147 Å². The molecule has 2 atom stereocenters. The van der Waals surface area contributed by atoms with Crippen molar-refractivity contribution in [2.45, 2.75) is 50.9 Å². The Morgan fingerprint density at radius 2 is 1.83 bits per heavy atom. The Bertz CT molecular complexity index is 591. The van der Waals surface area contributed by atoms with Gasteiger partial charge in [-0.15, -0.1) is 0 Å². The first-order valence-electron chi connectivity index (χ1n) is 8.51. The third-order valence-corrected chi connectivity index (χ3v) is 5.26. The molecule has 1 heterocycles. The smallest absolute Gasteiger partial charge is 0.225 e. The van der Waals surface area contributed by atoms with Crippen LogP contribution in [0.25, 0.3) is 0 Å². The Balaban J connectivity index is 1.51. The van der Waals surface area contributed by atoms with E-state index in [1.807, 2.05) is 30.0 Å². The van der Waals surface area contributed by atoms with Crippen molar-refractivity contribution in [3.05, 3.63) is 28.8 Å². The van der Waals surface area contributed by atoms with Crippen molar-refractivity contribution in [3.8, 4) is 5.75 Å². The zero-order chi connectivity index (χ0) is 17.3. The summed E-state index contributed by atoms with van der Waals surface area (Å²) in [5.74, 6) is 0.629. The van der Waals surface area contributed by atoms with Gasteiger partial charge in [-0.3, -0.25) is 4.79 Å². The van der Waals surface area contributed by atoms with Crippen LogP contribution in [0, 0.1) is 12.8 Å². The summed E-state index contributed by atoms with van der Waals surface area (Å²) in [7, 11) is 0. The van der Waals surface area contributed by atoms with Crippen LogP contribution in [0.1, 0.15) is 31.2 Å². The number of hydrogen-bond donors (Lipinski definition) is 2. The van der Waals surface area contributed by atoms with E-state index < -0.39 is 12.2 Å². The minimum absolute atomic E-state index is 0.0479. The van der Waals surface area contributed by atoms with Crippen molar-refractivity contribution in [3.63, 3.8) is 0 Å². The van der Waals surface area contributed by atoms with Gasteiger partial charge in [-0.2, -0.15) is 0 Å². The normalized spacial score (nSPS) is 28.2. The van der Waals surface area contributed by atoms with Crippen molar-refractivity contribution in [2.24, 2.45) is 5.92 Å². The molecule has 24 heavy (non-hydrogen) atoms. The maximum absolute atomic E-state index is 12.5. The number of aliphatic hydroxyl groups excluding tert-OH is 2. The molecule has 2 N–H and O–H groups in total. The largest absolute Gasteiger partial charge is 0.490 e. The molecule has 1 aromatic rings. The van der Waals surface area contributed by atoms with Crippen molar-refractivity contribution in [2.75, 3.05) is 13.1 Å². The number of halogens is 1. The molecule has 0 radical (unpaired) electrons. The minimum atomic E-state index is -0.771. The summed E-state index contributed by atoms with van der Waals surface area (Å²) >= 11 is 5.96. The topological polar surface area (TPSA) is 70.0 Å². The van der Waals surface area contributed by atoms with Crippen LogP contribution in [0.5, 0.6) is 5.75 Å². The van der Waals surface area contributed by atoms with Gasteiger partial charge in [0.05, 0.1) is 12.2 Å². The first-order chi connectivity index (χ1) is 11.4. The molecule has 0 bridgehead atoms. The Kier molecular flexibility index (Phi) is 5.33. The monoisotopic (exact) mass is 353 g/mol. The fourth-order valence-electron chi connectivity index (χ4n) is 3.57. The van der Waals surface area contributed by atoms with Crippen LogP contribution < -0.4 is 4.74 Å². The molecule has 1 aromatic carbocycles. The van der Waals surface area contributed by atoms with E-state index >= 15 is 0 Å². The summed E-state index contributed by atoms with van der Waals surface area (Å²) in [6.07, 6.45) is 0.840. The lowest BCUT2D eigenvalue weighted by Crippen LogP contribution is -2.44. The second-order valence-electron chi connectivity index (χ2n) is 6.86. The Hall–Kier alpha value is -1.30. The van der Waals surface area contributed by atoms with Crippen molar-refractivity contribution >= 4 is 17.5 Å². The van der Waals surface area contributed by atoms with Gasteiger partial charge in [0, 0.05) is 36.9 Å². The second kappa shape index (κ2) is 7.30. The predicted octanol–water partition coefficient (Wildman–Crippen LogP) is 2.15. The van der Waals surface area contributed by atoms with Crippen molar-refractivity contribution in [1.82, 2.24) is 4.90 Å². The van der Waals surface area contributed by atoms with Crippen LogP contribution >= 0.6 is 11.6 Å². The van der Waals surface area contributed by atoms with Crippen LogP contribution in [0.3, 0.4) is 0 Å². The summed E-state index contributed by atoms with van der Waals surface area (Å²) in [5.41, 5.74) is 1.01. The number of benzene rings is 1. The third kappa shape index (κ3) is 3.85. The van der Waals surface area contributed by atoms with E-state index in [0.717, 1.165) is 24.2 Å². The molecule has 6 heteroatoms. The molecule has 5 nitrogen and oxygen atoms in total. The van der Waals surface area contributed by atoms with Crippen LogP contribution in [-0.4, -0.2) is 52.4 Å². The van der Waals surface area contributed by atoms with Gasteiger partial charge in [0.1, 0.15) is 11.9 Å². The van der Waals surface area contributed by atoms with Crippen molar-refractivity contribution < 1.29 is 19.7 Å². The molecule has 1 aliphatic carbocycles. The number of rotatable bonds is 3. The summed E-state index contributed by atoms with van der Waals surface area (Å²) < 4.78 is 6.05. The van der Waals surface area contributed by atoms with E-state index in [1.165, 1.54) is 0 Å². The van der Waals surface area contributed by atoms with Crippen LogP contribution in [-0.2, 0) is 4.79 Å². The maximum atomic E-state index is 12.5. The van der Waals surface area contributed by atoms with Crippen LogP contribution in [0.15, 0.2) is 18.2 Å². The molecule has 0 aromatic heterocycles. The fraction of sp³-hybridized carbons (Fsp3) is 0.611. The van der Waals surface area contributed by atoms with E-state index in [4.69, 9.17) is 16.3 Å². The summed E-state index contributed by atoms with van der Waals surface area (Å²) in [5, 5.41) is 19.9. The van der Waals surface area contributed by atoms with E-state index in [0.29, 0.717) is 31.0 Å². The molecule has 3 rings (SSSR count). The molecular formula is C18H24ClNO4. The molecule has 1 aliphatic heterocycles. The highest BCUT2D eigenvalue weighted by molar-refractivity contribution is 6.30. The number of nitrogens with zero attached hydrogens (tertiary/aromatic N) is 1. The van der Waals surface area contributed by atoms with E-state index in [2.05, 4.69) is 0 Å². The number of likely N-dealkylation sites (tertiary alicyclic amines) is 1. The van der Waals surface area contributed by atoms with Crippen LogP contribution in [0.4, 0.5) is 0 Å². The lowest BCUT2D eigenvalue weighted by atomic mass is 10.0. The number of piperidine rings is 1. The third-order valence-electron chi connectivity index (χ3n) is 5.03. The lowest BCUT2D eigenvalue weighted by molar-refractivity contribution is -0.137. The Morgan fingerprint density at radius 1 is 1.21 bits per heavy atom. The number of ether oxygens (including phenoxy) is 1. The van der Waals surface area contributed by atoms with Gasteiger partial charge in [0.2, 0.25) is 5.91 Å². The highest BCUT2D eigenvalue weighted by Crippen LogP contribution is 2.30. The molecule has 2 unspecified atom stereocenters. The highest BCUT2D eigenvalue weighted by atomic mass is 35.5. The van der Waals surface area contributed by atoms with Gasteiger partial charge < -0.3 is 19.8 Å². The number of amides is 1. The summed E-state index contributed by atoms with van der Waals surface area (Å²) in [6, 6.07) is 5.59. The summed E-state index contributed by atoms with van der Waals surface area (Å²) in [4.78, 5) is 14.3. The highest BCUT2D eigenvalue weighted by Gasteiger charge is 2.38. The zero-order valence-electron chi connectivity index (χ0n) is 13.8. The number of carbonyl (C=O) groups is 1. The van der Waals surface area contributed by atoms with Gasteiger partial charge in [0.25, 0.3) is 0 Å². The molecule has 2 fully saturated rings.